The maximum Gasteiger partial charge on any atom is 0.259 e. The van der Waals surface area contributed by atoms with Gasteiger partial charge in [-0.05, 0) is 35.0 Å². The van der Waals surface area contributed by atoms with Gasteiger partial charge in [0.05, 0.1) is 23.0 Å². The number of amides is 1. The number of aromatic nitrogens is 7. The fourth-order valence-corrected chi connectivity index (χ4v) is 4.41. The van der Waals surface area contributed by atoms with Crippen molar-refractivity contribution in [3.63, 3.8) is 0 Å². The van der Waals surface area contributed by atoms with Crippen LogP contribution in [0.4, 0.5) is 5.13 Å². The number of nitrogens with one attached hydrogen (secondary N) is 1. The van der Waals surface area contributed by atoms with Crippen LogP contribution in [0.3, 0.4) is 0 Å². The Kier molecular flexibility index (Phi) is 4.48. The highest BCUT2D eigenvalue weighted by atomic mass is 79.9. The minimum absolute atomic E-state index is 0.325. The average Bonchev–Trinajstić information content (AvgIpc) is 3.26. The second-order valence-corrected chi connectivity index (χ2v) is 8.32. The topological polar surface area (TPSA) is 111 Å². The van der Waals surface area contributed by atoms with Gasteiger partial charge in [-0.3, -0.25) is 24.8 Å². The van der Waals surface area contributed by atoms with Crippen LogP contribution in [-0.2, 0) is 7.05 Å². The molecule has 1 amide bonds. The number of carbonyl (C=O) groups excluding carboxylic acids is 1. The molecule has 0 saturated carbocycles. The number of halogens is 1. The van der Waals surface area contributed by atoms with Crippen LogP contribution >= 0.6 is 27.3 Å². The highest BCUT2D eigenvalue weighted by Crippen LogP contribution is 2.31. The molecular formula is C19H13BrN8OS. The summed E-state index contributed by atoms with van der Waals surface area (Å²) in [5.74, 6) is -0.325. The van der Waals surface area contributed by atoms with E-state index < -0.39 is 0 Å². The van der Waals surface area contributed by atoms with Gasteiger partial charge in [0.15, 0.2) is 15.6 Å². The third-order valence-corrected chi connectivity index (χ3v) is 5.73. The van der Waals surface area contributed by atoms with Gasteiger partial charge in [-0.25, -0.2) is 9.97 Å². The summed E-state index contributed by atoms with van der Waals surface area (Å²) >= 11 is 4.54. The largest absolute Gasteiger partial charge is 0.298 e. The molecule has 5 heterocycles. The molecule has 148 valence electrons. The first kappa shape index (κ1) is 18.7. The van der Waals surface area contributed by atoms with Crippen molar-refractivity contribution in [3.8, 4) is 11.3 Å². The first-order valence-electron chi connectivity index (χ1n) is 8.84. The van der Waals surface area contributed by atoms with Crippen LogP contribution in [-0.4, -0.2) is 40.6 Å². The summed E-state index contributed by atoms with van der Waals surface area (Å²) in [6.07, 6.45) is 6.57. The van der Waals surface area contributed by atoms with Gasteiger partial charge in [0.25, 0.3) is 5.91 Å². The highest BCUT2D eigenvalue weighted by Gasteiger charge is 2.21. The Morgan fingerprint density at radius 3 is 2.93 bits per heavy atom. The molecule has 0 radical (unpaired) electrons. The molecule has 0 aliphatic carbocycles. The molecule has 0 unspecified atom stereocenters. The predicted octanol–water partition coefficient (Wildman–Crippen LogP) is 3.75. The van der Waals surface area contributed by atoms with Crippen molar-refractivity contribution < 1.29 is 4.79 Å². The van der Waals surface area contributed by atoms with E-state index in [1.54, 1.807) is 29.5 Å². The zero-order valence-electron chi connectivity index (χ0n) is 15.8. The molecule has 5 rings (SSSR count). The Balaban J connectivity index is 1.59. The van der Waals surface area contributed by atoms with Crippen molar-refractivity contribution in [2.24, 2.45) is 7.05 Å². The van der Waals surface area contributed by atoms with Crippen LogP contribution in [0.5, 0.6) is 0 Å². The van der Waals surface area contributed by atoms with Crippen molar-refractivity contribution in [2.45, 2.75) is 6.92 Å². The van der Waals surface area contributed by atoms with Gasteiger partial charge in [0.2, 0.25) is 0 Å². The smallest absolute Gasteiger partial charge is 0.259 e. The van der Waals surface area contributed by atoms with E-state index >= 15 is 0 Å². The first-order chi connectivity index (χ1) is 14.5. The van der Waals surface area contributed by atoms with E-state index in [2.05, 4.69) is 51.3 Å². The van der Waals surface area contributed by atoms with Crippen LogP contribution < -0.4 is 5.32 Å². The SMILES string of the molecule is Cc1cc(-c2c3cnccc3nn2C)c(C(=O)Nc2nc3ncc(Br)nc3s2)cn1. The van der Waals surface area contributed by atoms with Crippen LogP contribution in [0.2, 0.25) is 0 Å². The van der Waals surface area contributed by atoms with Crippen molar-refractivity contribution in [1.82, 2.24) is 34.7 Å². The Labute approximate surface area is 182 Å². The summed E-state index contributed by atoms with van der Waals surface area (Å²) in [5.41, 5.74) is 4.00. The summed E-state index contributed by atoms with van der Waals surface area (Å²) in [7, 11) is 1.84. The lowest BCUT2D eigenvalue weighted by Crippen LogP contribution is -2.14. The maximum absolute atomic E-state index is 13.2. The number of hydrogen-bond donors (Lipinski definition) is 1. The molecule has 5 aromatic heterocycles. The molecule has 0 saturated heterocycles. The second kappa shape index (κ2) is 7.18. The summed E-state index contributed by atoms with van der Waals surface area (Å²) in [4.78, 5) is 35.2. The number of thiazole rings is 1. The summed E-state index contributed by atoms with van der Waals surface area (Å²) in [5, 5.41) is 8.65. The van der Waals surface area contributed by atoms with Crippen LogP contribution in [0.25, 0.3) is 32.6 Å². The van der Waals surface area contributed by atoms with Crippen molar-refractivity contribution in [1.29, 1.82) is 0 Å². The molecule has 0 atom stereocenters. The van der Waals surface area contributed by atoms with Gasteiger partial charge in [0, 0.05) is 42.3 Å². The molecule has 0 bridgehead atoms. The van der Waals surface area contributed by atoms with Crippen molar-refractivity contribution in [2.75, 3.05) is 5.32 Å². The number of pyridine rings is 2. The molecule has 5 aromatic rings. The second-order valence-electron chi connectivity index (χ2n) is 6.53. The van der Waals surface area contributed by atoms with Gasteiger partial charge >= 0.3 is 0 Å². The molecule has 0 spiro atoms. The minimum Gasteiger partial charge on any atom is -0.298 e. The van der Waals surface area contributed by atoms with Gasteiger partial charge < -0.3 is 0 Å². The minimum atomic E-state index is -0.325. The van der Waals surface area contributed by atoms with E-state index in [4.69, 9.17) is 0 Å². The number of rotatable bonds is 3. The number of fused-ring (bicyclic) bond motifs is 2. The standard InChI is InChI=1S/C19H13BrN8OS/c1-9-5-10(15-12-6-21-4-3-13(12)27-28(15)2)11(7-22-9)17(29)26-19-25-16-18(30-19)24-14(20)8-23-16/h3-8H,1-2H3,(H,23,25,26,29). The van der Waals surface area contributed by atoms with Crippen LogP contribution in [0, 0.1) is 6.92 Å². The molecule has 1 N–H and O–H groups in total. The normalized spacial score (nSPS) is 11.3. The summed E-state index contributed by atoms with van der Waals surface area (Å²) in [6, 6.07) is 3.71. The quantitative estimate of drug-likeness (QED) is 0.418. The highest BCUT2D eigenvalue weighted by molar-refractivity contribution is 9.10. The fraction of sp³-hybridized carbons (Fsp3) is 0.105. The van der Waals surface area contributed by atoms with Gasteiger partial charge in [-0.2, -0.15) is 10.1 Å². The van der Waals surface area contributed by atoms with Gasteiger partial charge in [-0.1, -0.05) is 11.3 Å². The molecule has 0 aliphatic heterocycles. The van der Waals surface area contributed by atoms with Crippen molar-refractivity contribution in [3.05, 3.63) is 52.8 Å². The molecule has 9 nitrogen and oxygen atoms in total. The third kappa shape index (κ3) is 3.21. The van der Waals surface area contributed by atoms with Crippen molar-refractivity contribution >= 4 is 59.7 Å². The Morgan fingerprint density at radius 1 is 1.20 bits per heavy atom. The third-order valence-electron chi connectivity index (χ3n) is 4.49. The maximum atomic E-state index is 13.2. The van der Waals surface area contributed by atoms with Crippen LogP contribution in [0.1, 0.15) is 16.1 Å². The Bertz CT molecular complexity index is 1440. The summed E-state index contributed by atoms with van der Waals surface area (Å²) < 4.78 is 2.36. The molecular weight excluding hydrogens is 468 g/mol. The monoisotopic (exact) mass is 480 g/mol. The Hall–Kier alpha value is -3.31. The number of aryl methyl sites for hydroxylation is 2. The van der Waals surface area contributed by atoms with Gasteiger partial charge in [0.1, 0.15) is 4.60 Å². The lowest BCUT2D eigenvalue weighted by Gasteiger charge is -2.10. The molecule has 30 heavy (non-hydrogen) atoms. The zero-order valence-corrected chi connectivity index (χ0v) is 18.2. The van der Waals surface area contributed by atoms with Gasteiger partial charge in [-0.15, -0.1) is 0 Å². The average molecular weight is 481 g/mol. The number of carbonyl (C=O) groups is 1. The van der Waals surface area contributed by atoms with E-state index in [-0.39, 0.29) is 5.91 Å². The molecule has 0 aromatic carbocycles. The fourth-order valence-electron chi connectivity index (χ4n) is 3.22. The predicted molar refractivity (Wildman–Crippen MR) is 117 cm³/mol. The number of nitrogens with zero attached hydrogens (tertiary/aromatic N) is 7. The molecule has 11 heteroatoms. The van der Waals surface area contributed by atoms with E-state index in [9.17, 15) is 4.79 Å². The molecule has 0 fully saturated rings. The van der Waals surface area contributed by atoms with E-state index in [0.29, 0.717) is 25.8 Å². The molecule has 0 aliphatic rings. The Morgan fingerprint density at radius 2 is 2.07 bits per heavy atom. The lowest BCUT2D eigenvalue weighted by atomic mass is 10.0. The zero-order chi connectivity index (χ0) is 20.8. The van der Waals surface area contributed by atoms with E-state index in [1.807, 2.05) is 26.1 Å². The van der Waals surface area contributed by atoms with Crippen LogP contribution in [0.15, 0.2) is 41.5 Å². The number of hydrogen-bond acceptors (Lipinski definition) is 8. The number of anilines is 1. The summed E-state index contributed by atoms with van der Waals surface area (Å²) in [6.45, 7) is 1.88. The first-order valence-corrected chi connectivity index (χ1v) is 10.4. The van der Waals surface area contributed by atoms with E-state index in [1.165, 1.54) is 11.3 Å². The van der Waals surface area contributed by atoms with E-state index in [0.717, 1.165) is 27.9 Å². The lowest BCUT2D eigenvalue weighted by molar-refractivity contribution is 0.102.